The largest absolute Gasteiger partial charge is 0.465 e. The molecular formula is C68H130O6. The molecule has 74 heavy (non-hydrogen) atoms. The molecule has 1 aliphatic heterocycles. The van der Waals surface area contributed by atoms with Gasteiger partial charge >= 0.3 is 11.9 Å². The lowest BCUT2D eigenvalue weighted by Gasteiger charge is -2.27. The van der Waals surface area contributed by atoms with Gasteiger partial charge in [0, 0.05) is 0 Å². The highest BCUT2D eigenvalue weighted by Crippen LogP contribution is 2.25. The zero-order valence-electron chi connectivity index (χ0n) is 49.9. The molecule has 1 fully saturated rings. The fraction of sp³-hybridized carbons (Fsp3) is 0.941. The molecule has 0 aromatic heterocycles. The van der Waals surface area contributed by atoms with Crippen molar-refractivity contribution in [1.82, 2.24) is 0 Å². The molecule has 6 heteroatoms. The average Bonchev–Trinajstić information content (AvgIpc) is 3.47. The zero-order valence-corrected chi connectivity index (χ0v) is 49.9. The maximum absolute atomic E-state index is 12.6. The molecule has 0 bridgehead atoms. The van der Waals surface area contributed by atoms with E-state index in [-0.39, 0.29) is 19.6 Å². The summed E-state index contributed by atoms with van der Waals surface area (Å²) in [5, 5.41) is 19.2. The minimum atomic E-state index is -1.12. The summed E-state index contributed by atoms with van der Waals surface area (Å²) in [5.74, 6) is -1.40. The van der Waals surface area contributed by atoms with Crippen LogP contribution in [-0.4, -0.2) is 48.6 Å². The maximum atomic E-state index is 12.6. The molecule has 0 saturated carbocycles. The number of ether oxygens (including phenoxy) is 2. The zero-order chi connectivity index (χ0) is 53.2. The molecule has 0 aromatic rings. The van der Waals surface area contributed by atoms with Crippen LogP contribution in [0.25, 0.3) is 0 Å². The van der Waals surface area contributed by atoms with Gasteiger partial charge in [-0.3, -0.25) is 9.59 Å². The van der Waals surface area contributed by atoms with E-state index >= 15 is 0 Å². The van der Waals surface area contributed by atoms with E-state index in [2.05, 4.69) is 19.1 Å². The number of rotatable bonds is 59. The van der Waals surface area contributed by atoms with Gasteiger partial charge in [-0.05, 0) is 32.1 Å². The molecule has 1 atom stereocenters. The molecule has 1 unspecified atom stereocenters. The van der Waals surface area contributed by atoms with Crippen molar-refractivity contribution in [1.29, 1.82) is 0 Å². The van der Waals surface area contributed by atoms with Gasteiger partial charge in [-0.1, -0.05) is 347 Å². The van der Waals surface area contributed by atoms with Crippen LogP contribution in [-0.2, 0) is 19.1 Å². The smallest absolute Gasteiger partial charge is 0.309 e. The number of unbranched alkanes of at least 4 members (excludes halogenated alkanes) is 53. The summed E-state index contributed by atoms with van der Waals surface area (Å²) in [7, 11) is 0. The number of carbonyl (C=O) groups excluding carboxylic acids is 2. The predicted octanol–water partition coefficient (Wildman–Crippen LogP) is 21.5. The summed E-state index contributed by atoms with van der Waals surface area (Å²) in [6.07, 6.45) is 83.1. The van der Waals surface area contributed by atoms with Gasteiger partial charge in [0.15, 0.2) is 0 Å². The average molecular weight is 1040 g/mol. The van der Waals surface area contributed by atoms with Crippen LogP contribution >= 0.6 is 0 Å². The van der Waals surface area contributed by atoms with Gasteiger partial charge < -0.3 is 19.7 Å². The van der Waals surface area contributed by atoms with E-state index in [1.54, 1.807) is 0 Å². The van der Waals surface area contributed by atoms with Crippen LogP contribution in [0.15, 0.2) is 12.2 Å². The molecular weight excluding hydrogens is 913 g/mol. The van der Waals surface area contributed by atoms with Crippen LogP contribution in [0.4, 0.5) is 0 Å². The highest BCUT2D eigenvalue weighted by Gasteiger charge is 2.36. The van der Waals surface area contributed by atoms with Crippen molar-refractivity contribution in [3.63, 3.8) is 0 Å². The Morgan fingerprint density at radius 1 is 0.351 bits per heavy atom. The summed E-state index contributed by atoms with van der Waals surface area (Å²) in [6, 6.07) is 0. The van der Waals surface area contributed by atoms with E-state index in [0.29, 0.717) is 6.42 Å². The number of hydrogen-bond acceptors (Lipinski definition) is 6. The molecule has 1 heterocycles. The van der Waals surface area contributed by atoms with Gasteiger partial charge in [-0.25, -0.2) is 0 Å². The number of esters is 2. The van der Waals surface area contributed by atoms with Gasteiger partial charge in [0.2, 0.25) is 0 Å². The number of aliphatic hydroxyl groups excluding tert-OH is 2. The first kappa shape index (κ1) is 70.6. The second kappa shape index (κ2) is 57.8. The summed E-state index contributed by atoms with van der Waals surface area (Å²) in [6.45, 7) is 1.21. The normalized spacial score (nSPS) is 15.1. The second-order valence-electron chi connectivity index (χ2n) is 24.2. The SMILES string of the molecule is CCCCCCCCCCCCCCCCCCCCCCCCCCCCCCCCCCCCC/C=C/CCCCCCCCCCCCCCCCCCCCC1CC(=O)OCC(CO)(CO)COC1=O. The van der Waals surface area contributed by atoms with Gasteiger partial charge in [-0.15, -0.1) is 0 Å². The molecule has 1 aliphatic rings. The Bertz CT molecular complexity index is 1160. The van der Waals surface area contributed by atoms with E-state index in [4.69, 9.17) is 9.47 Å². The fourth-order valence-electron chi connectivity index (χ4n) is 11.3. The Hall–Kier alpha value is -1.40. The second-order valence-corrected chi connectivity index (χ2v) is 24.2. The van der Waals surface area contributed by atoms with Crippen molar-refractivity contribution >= 4 is 11.9 Å². The topological polar surface area (TPSA) is 93.1 Å². The molecule has 0 amide bonds. The third-order valence-electron chi connectivity index (χ3n) is 16.8. The van der Waals surface area contributed by atoms with E-state index in [1.807, 2.05) is 0 Å². The maximum Gasteiger partial charge on any atom is 0.309 e. The van der Waals surface area contributed by atoms with Crippen LogP contribution in [0.5, 0.6) is 0 Å². The molecule has 0 aliphatic carbocycles. The summed E-state index contributed by atoms with van der Waals surface area (Å²) >= 11 is 0. The predicted molar refractivity (Wildman–Crippen MR) is 320 cm³/mol. The van der Waals surface area contributed by atoms with E-state index < -0.39 is 36.5 Å². The molecule has 0 spiro atoms. The Balaban J connectivity index is 1.68. The molecule has 0 aromatic carbocycles. The van der Waals surface area contributed by atoms with Gasteiger partial charge in [-0.2, -0.15) is 0 Å². The number of hydrogen-bond donors (Lipinski definition) is 2. The Morgan fingerprint density at radius 3 is 0.838 bits per heavy atom. The first-order valence-electron chi connectivity index (χ1n) is 33.8. The lowest BCUT2D eigenvalue weighted by molar-refractivity contribution is -0.155. The Kier molecular flexibility index (Phi) is 55.1. The number of allylic oxidation sites excluding steroid dienone is 2. The molecule has 0 radical (unpaired) electrons. The quantitative estimate of drug-likeness (QED) is 0.0358. The molecule has 2 N–H and O–H groups in total. The molecule has 1 saturated heterocycles. The molecule has 6 nitrogen and oxygen atoms in total. The summed E-state index contributed by atoms with van der Waals surface area (Å²) < 4.78 is 10.6. The number of cyclic esters (lactones) is 2. The lowest BCUT2D eigenvalue weighted by atomic mass is 9.92. The van der Waals surface area contributed by atoms with E-state index in [0.717, 1.165) is 19.3 Å². The first-order chi connectivity index (χ1) is 36.6. The van der Waals surface area contributed by atoms with Crippen molar-refractivity contribution in [3.05, 3.63) is 12.2 Å². The van der Waals surface area contributed by atoms with Crippen LogP contribution in [0, 0.1) is 11.3 Å². The lowest BCUT2D eigenvalue weighted by Crippen LogP contribution is -2.40. The van der Waals surface area contributed by atoms with Crippen LogP contribution < -0.4 is 0 Å². The highest BCUT2D eigenvalue weighted by atomic mass is 16.6. The van der Waals surface area contributed by atoms with E-state index in [1.165, 1.54) is 334 Å². The Labute approximate surface area is 462 Å². The highest BCUT2D eigenvalue weighted by molar-refractivity contribution is 5.80. The Morgan fingerprint density at radius 2 is 0.581 bits per heavy atom. The molecule has 1 rings (SSSR count). The summed E-state index contributed by atoms with van der Waals surface area (Å²) in [5.41, 5.74) is -1.12. The van der Waals surface area contributed by atoms with Crippen LogP contribution in [0.2, 0.25) is 0 Å². The fourth-order valence-corrected chi connectivity index (χ4v) is 11.3. The van der Waals surface area contributed by atoms with Gasteiger partial charge in [0.25, 0.3) is 0 Å². The van der Waals surface area contributed by atoms with Crippen molar-refractivity contribution in [2.75, 3.05) is 26.4 Å². The minimum absolute atomic E-state index is 0.00378. The van der Waals surface area contributed by atoms with Crippen molar-refractivity contribution < 1.29 is 29.3 Å². The third kappa shape index (κ3) is 48.9. The van der Waals surface area contributed by atoms with Crippen molar-refractivity contribution in [3.8, 4) is 0 Å². The monoisotopic (exact) mass is 1040 g/mol. The molecule has 438 valence electrons. The van der Waals surface area contributed by atoms with Crippen LogP contribution in [0.3, 0.4) is 0 Å². The third-order valence-corrected chi connectivity index (χ3v) is 16.8. The first-order valence-corrected chi connectivity index (χ1v) is 33.8. The number of aliphatic hydroxyl groups is 2. The van der Waals surface area contributed by atoms with Crippen LogP contribution in [0.1, 0.15) is 373 Å². The van der Waals surface area contributed by atoms with Crippen molar-refractivity contribution in [2.45, 2.75) is 373 Å². The summed E-state index contributed by atoms with van der Waals surface area (Å²) in [4.78, 5) is 24.8. The standard InChI is InChI=1S/C68H130O6/c1-2-3-4-5-6-7-8-9-10-11-12-13-14-15-16-17-18-19-20-21-22-23-24-25-26-27-28-29-30-31-32-33-34-35-36-37-38-39-40-41-42-43-44-45-46-47-48-49-50-51-52-53-54-55-56-57-58-59-65-60-66(71)73-63-68(61-69,62-70)64-74-67(65)72/h38-39,65,69-70H,2-37,40-64H2,1H3/b39-38+. The van der Waals surface area contributed by atoms with Gasteiger partial charge in [0.1, 0.15) is 13.2 Å². The van der Waals surface area contributed by atoms with Gasteiger partial charge in [0.05, 0.1) is 31.0 Å². The van der Waals surface area contributed by atoms with Crippen molar-refractivity contribution in [2.24, 2.45) is 11.3 Å². The minimum Gasteiger partial charge on any atom is -0.465 e. The van der Waals surface area contributed by atoms with E-state index in [9.17, 15) is 19.8 Å². The number of carbonyl (C=O) groups is 2.